The smallest absolute Gasteiger partial charge is 0.306 e. The fourth-order valence-electron chi connectivity index (χ4n) is 6.34. The van der Waals surface area contributed by atoms with Crippen LogP contribution in [0.15, 0.2) is 170 Å². The van der Waals surface area contributed by atoms with Crippen molar-refractivity contribution in [3.05, 3.63) is 170 Å². The number of hydrogen-bond acceptors (Lipinski definition) is 8. The van der Waals surface area contributed by atoms with Gasteiger partial charge in [0.1, 0.15) is 13.2 Å². The van der Waals surface area contributed by atoms with Crippen LogP contribution in [0, 0.1) is 0 Å². The molecule has 0 aliphatic rings. The number of carbonyl (C=O) groups is 3. The zero-order valence-electron chi connectivity index (χ0n) is 45.9. The molecule has 406 valence electrons. The number of likely N-dealkylation sites (N-methyl/N-ethyl adjacent to an activating group) is 1. The van der Waals surface area contributed by atoms with Gasteiger partial charge >= 0.3 is 11.9 Å². The van der Waals surface area contributed by atoms with E-state index in [1.165, 1.54) is 0 Å². The number of unbranched alkanes of at least 4 members (excludes halogenated alkanes) is 4. The van der Waals surface area contributed by atoms with Crippen LogP contribution in [0.4, 0.5) is 0 Å². The third-order valence-corrected chi connectivity index (χ3v) is 10.5. The Kier molecular flexibility index (Phi) is 49.1. The van der Waals surface area contributed by atoms with E-state index in [9.17, 15) is 19.5 Å². The summed E-state index contributed by atoms with van der Waals surface area (Å²) >= 11 is 0. The Hall–Kier alpha value is -5.35. The number of hydrogen-bond donors (Lipinski definition) is 0. The molecule has 2 atom stereocenters. The lowest BCUT2D eigenvalue weighted by molar-refractivity contribution is -0.870. The monoisotopic (exact) mass is 1010 g/mol. The average Bonchev–Trinajstić information content (AvgIpc) is 3.36. The van der Waals surface area contributed by atoms with Crippen molar-refractivity contribution in [3.8, 4) is 0 Å². The number of aliphatic carboxylic acids is 1. The van der Waals surface area contributed by atoms with Crippen molar-refractivity contribution in [2.45, 2.75) is 167 Å². The third kappa shape index (κ3) is 54.3. The SMILES string of the molecule is CC/C=C\C/C=C\C/C=C\C/C=C\C/C=C\C/C=C\C/C=C\C/C=C\CCCCCCC(=O)OC(COC(=O)CC/C=C\C/C=C\C/C=C\C/C=C\C/C=C\C/C=C\CC)COC(OCC[N+](C)(C)C)C(=O)[O-]. The van der Waals surface area contributed by atoms with Gasteiger partial charge in [0.25, 0.3) is 0 Å². The lowest BCUT2D eigenvalue weighted by Crippen LogP contribution is -2.44. The summed E-state index contributed by atoms with van der Waals surface area (Å²) in [5, 5.41) is 11.8. The number of allylic oxidation sites excluding steroid dienone is 28. The van der Waals surface area contributed by atoms with Gasteiger partial charge in [-0.05, 0) is 116 Å². The Morgan fingerprint density at radius 3 is 1.14 bits per heavy atom. The summed E-state index contributed by atoms with van der Waals surface area (Å²) in [5.74, 6) is -2.46. The zero-order chi connectivity index (χ0) is 53.4. The van der Waals surface area contributed by atoms with E-state index in [0.29, 0.717) is 23.9 Å². The Morgan fingerprint density at radius 2 is 0.767 bits per heavy atom. The van der Waals surface area contributed by atoms with E-state index in [1.807, 2.05) is 33.3 Å². The molecule has 0 aromatic heterocycles. The number of nitrogens with zero attached hydrogens (tertiary/aromatic N) is 1. The van der Waals surface area contributed by atoms with Crippen LogP contribution in [0.3, 0.4) is 0 Å². The van der Waals surface area contributed by atoms with Gasteiger partial charge in [-0.25, -0.2) is 0 Å². The molecule has 0 rings (SSSR count). The topological polar surface area (TPSA) is 111 Å². The number of carbonyl (C=O) groups excluding carboxylic acids is 3. The Balaban J connectivity index is 4.50. The van der Waals surface area contributed by atoms with Gasteiger partial charge in [-0.15, -0.1) is 0 Å². The van der Waals surface area contributed by atoms with Crippen LogP contribution in [-0.2, 0) is 33.3 Å². The van der Waals surface area contributed by atoms with Gasteiger partial charge in [-0.3, -0.25) is 9.59 Å². The Labute approximate surface area is 444 Å². The van der Waals surface area contributed by atoms with Crippen LogP contribution in [0.5, 0.6) is 0 Å². The van der Waals surface area contributed by atoms with Gasteiger partial charge in [0.05, 0.1) is 40.3 Å². The standard InChI is InChI=1S/C64H97NO8/c1-6-8-10-12-14-16-18-20-22-24-26-27-28-29-30-31-32-33-34-35-37-39-41-43-45-47-49-51-53-55-62(67)73-60(59-72-64(63(68)69)70-57-56-65(3,4)5)58-71-61(66)54-52-50-48-46-44-42-40-38-36-25-23-21-19-17-15-13-11-9-7-2/h8-11,14-17,20-23,26-27,29-30,32-33,35-38,41-44,48,50,60,64H,6-7,12-13,18-19,24-25,28,31,34,39-40,45-47,49,51-59H2,1-5H3/b10-8-,11-9-,16-14-,17-15-,22-20-,23-21-,27-26-,30-29-,33-32-,37-35-,38-36-,43-41-,44-42-,50-48-. The fourth-order valence-corrected chi connectivity index (χ4v) is 6.34. The second kappa shape index (κ2) is 53.0. The molecule has 0 amide bonds. The van der Waals surface area contributed by atoms with Crippen LogP contribution in [0.1, 0.15) is 155 Å². The minimum absolute atomic E-state index is 0.120. The highest BCUT2D eigenvalue weighted by Gasteiger charge is 2.21. The first kappa shape index (κ1) is 67.6. The van der Waals surface area contributed by atoms with Gasteiger partial charge in [0.2, 0.25) is 0 Å². The van der Waals surface area contributed by atoms with Crippen LogP contribution < -0.4 is 5.11 Å². The van der Waals surface area contributed by atoms with E-state index in [4.69, 9.17) is 18.9 Å². The van der Waals surface area contributed by atoms with Crippen molar-refractivity contribution in [2.24, 2.45) is 0 Å². The molecule has 0 saturated carbocycles. The molecule has 0 saturated heterocycles. The molecule has 0 aliphatic heterocycles. The minimum Gasteiger partial charge on any atom is -0.545 e. The second-order valence-electron chi connectivity index (χ2n) is 18.4. The molecule has 0 aliphatic carbocycles. The lowest BCUT2D eigenvalue weighted by Gasteiger charge is -2.26. The fraction of sp³-hybridized carbons (Fsp3) is 0.516. The summed E-state index contributed by atoms with van der Waals surface area (Å²) in [6, 6.07) is 0. The summed E-state index contributed by atoms with van der Waals surface area (Å²) in [5.41, 5.74) is 0. The maximum Gasteiger partial charge on any atom is 0.306 e. The van der Waals surface area contributed by atoms with Gasteiger partial charge < -0.3 is 33.3 Å². The summed E-state index contributed by atoms with van der Waals surface area (Å²) in [7, 11) is 5.87. The molecule has 0 spiro atoms. The maximum absolute atomic E-state index is 12.8. The van der Waals surface area contributed by atoms with E-state index in [0.717, 1.165) is 116 Å². The predicted octanol–water partition coefficient (Wildman–Crippen LogP) is 14.7. The molecule has 0 bridgehead atoms. The Morgan fingerprint density at radius 1 is 0.411 bits per heavy atom. The van der Waals surface area contributed by atoms with Gasteiger partial charge in [-0.2, -0.15) is 0 Å². The lowest BCUT2D eigenvalue weighted by atomic mass is 10.1. The number of quaternary nitrogens is 1. The van der Waals surface area contributed by atoms with Gasteiger partial charge in [-0.1, -0.05) is 197 Å². The van der Waals surface area contributed by atoms with Gasteiger partial charge in [0, 0.05) is 12.8 Å². The molecule has 9 nitrogen and oxygen atoms in total. The van der Waals surface area contributed by atoms with Crippen molar-refractivity contribution in [1.29, 1.82) is 0 Å². The summed E-state index contributed by atoms with van der Waals surface area (Å²) < 4.78 is 22.5. The zero-order valence-corrected chi connectivity index (χ0v) is 45.9. The third-order valence-electron chi connectivity index (χ3n) is 10.5. The van der Waals surface area contributed by atoms with E-state index in [1.54, 1.807) is 0 Å². The quantitative estimate of drug-likeness (QED) is 0.0195. The molecule has 0 aromatic carbocycles. The predicted molar refractivity (Wildman–Crippen MR) is 305 cm³/mol. The van der Waals surface area contributed by atoms with E-state index < -0.39 is 30.3 Å². The molecule has 2 unspecified atom stereocenters. The normalized spacial score (nSPS) is 14.2. The molecular formula is C64H97NO8. The Bertz CT molecular complexity index is 1790. The van der Waals surface area contributed by atoms with Gasteiger partial charge in [0.15, 0.2) is 12.4 Å². The number of carboxylic acid groups (broad SMARTS) is 1. The summed E-state index contributed by atoms with van der Waals surface area (Å²) in [4.78, 5) is 37.2. The first-order chi connectivity index (χ1) is 35.6. The van der Waals surface area contributed by atoms with E-state index >= 15 is 0 Å². The van der Waals surface area contributed by atoms with Crippen LogP contribution in [0.2, 0.25) is 0 Å². The molecule has 0 N–H and O–H groups in total. The number of esters is 2. The van der Waals surface area contributed by atoms with E-state index in [-0.39, 0.29) is 32.7 Å². The molecule has 9 heteroatoms. The molecule has 0 radical (unpaired) electrons. The number of ether oxygens (including phenoxy) is 4. The van der Waals surface area contributed by atoms with Crippen molar-refractivity contribution in [2.75, 3.05) is 47.5 Å². The molecule has 73 heavy (non-hydrogen) atoms. The van der Waals surface area contributed by atoms with Crippen molar-refractivity contribution in [1.82, 2.24) is 0 Å². The van der Waals surface area contributed by atoms with E-state index in [2.05, 4.69) is 172 Å². The van der Waals surface area contributed by atoms with Crippen molar-refractivity contribution >= 4 is 17.9 Å². The number of carboxylic acids is 1. The largest absolute Gasteiger partial charge is 0.545 e. The molecule has 0 heterocycles. The second-order valence-corrected chi connectivity index (χ2v) is 18.4. The highest BCUT2D eigenvalue weighted by molar-refractivity contribution is 5.70. The highest BCUT2D eigenvalue weighted by Crippen LogP contribution is 2.11. The highest BCUT2D eigenvalue weighted by atomic mass is 16.7. The van der Waals surface area contributed by atoms with Crippen molar-refractivity contribution in [3.63, 3.8) is 0 Å². The molecule has 0 aromatic rings. The molecular weight excluding hydrogens is 911 g/mol. The summed E-state index contributed by atoms with van der Waals surface area (Å²) in [6.45, 7) is 4.35. The minimum atomic E-state index is -1.66. The van der Waals surface area contributed by atoms with Crippen LogP contribution in [-0.4, -0.2) is 82.3 Å². The number of rotatable bonds is 47. The first-order valence-corrected chi connectivity index (χ1v) is 27.3. The average molecular weight is 1010 g/mol. The maximum atomic E-state index is 12.8. The van der Waals surface area contributed by atoms with Crippen molar-refractivity contribution < 1.29 is 42.9 Å². The molecule has 0 fully saturated rings. The van der Waals surface area contributed by atoms with Crippen LogP contribution >= 0.6 is 0 Å². The summed E-state index contributed by atoms with van der Waals surface area (Å²) in [6.07, 6.45) is 77.0. The first-order valence-electron chi connectivity index (χ1n) is 27.3. The van der Waals surface area contributed by atoms with Crippen LogP contribution in [0.25, 0.3) is 0 Å².